The van der Waals surface area contributed by atoms with Gasteiger partial charge in [0.25, 0.3) is 0 Å². The molecule has 0 fully saturated rings. The monoisotopic (exact) mass is 181 g/mol. The number of aliphatic imine (C=N–C) groups is 1. The van der Waals surface area contributed by atoms with Gasteiger partial charge in [0.15, 0.2) is 0 Å². The van der Waals surface area contributed by atoms with E-state index < -0.39 is 0 Å². The molecule has 0 rings (SSSR count). The van der Waals surface area contributed by atoms with Crippen LogP contribution in [0.3, 0.4) is 0 Å². The first kappa shape index (κ1) is 12.4. The summed E-state index contributed by atoms with van der Waals surface area (Å²) in [6.07, 6.45) is 5.76. The largest absolute Gasteiger partial charge is 0.293 e. The van der Waals surface area contributed by atoms with Gasteiger partial charge in [-0.15, -0.1) is 0 Å². The van der Waals surface area contributed by atoms with Gasteiger partial charge in [0.1, 0.15) is 0 Å². The van der Waals surface area contributed by atoms with E-state index in [9.17, 15) is 0 Å². The zero-order chi connectivity index (χ0) is 10.3. The van der Waals surface area contributed by atoms with Gasteiger partial charge in [-0.3, -0.25) is 4.99 Å². The summed E-state index contributed by atoms with van der Waals surface area (Å²) >= 11 is 0. The molecule has 0 aliphatic heterocycles. The van der Waals surface area contributed by atoms with Gasteiger partial charge in [-0.05, 0) is 31.3 Å². The molecule has 0 heterocycles. The maximum absolute atomic E-state index is 4.40. The number of hydrogen-bond donors (Lipinski definition) is 0. The number of allylic oxidation sites excluding steroid dienone is 2. The van der Waals surface area contributed by atoms with Crippen molar-refractivity contribution in [2.45, 2.75) is 47.0 Å². The second-order valence-electron chi connectivity index (χ2n) is 3.47. The molecule has 0 amide bonds. The fourth-order valence-electron chi connectivity index (χ4n) is 1.78. The first-order valence-electron chi connectivity index (χ1n) is 5.33. The van der Waals surface area contributed by atoms with Crippen LogP contribution in [0.1, 0.15) is 47.0 Å². The van der Waals surface area contributed by atoms with Gasteiger partial charge in [-0.2, -0.15) is 0 Å². The standard InChI is InChI=1S/C12H23N/c1-6-9-10(4)12(13-5)11(7-2)8-3/h7,10H,6,8-9H2,1-5H3/b11-7-,13-12?. The predicted molar refractivity (Wildman–Crippen MR) is 61.5 cm³/mol. The summed E-state index contributed by atoms with van der Waals surface area (Å²) in [5.41, 5.74) is 2.70. The van der Waals surface area contributed by atoms with Gasteiger partial charge in [0.2, 0.25) is 0 Å². The smallest absolute Gasteiger partial charge is 0.0401 e. The maximum atomic E-state index is 4.40. The summed E-state index contributed by atoms with van der Waals surface area (Å²) < 4.78 is 0. The Morgan fingerprint density at radius 1 is 1.38 bits per heavy atom. The molecule has 0 aliphatic carbocycles. The van der Waals surface area contributed by atoms with Crippen molar-refractivity contribution in [2.24, 2.45) is 10.9 Å². The zero-order valence-corrected chi connectivity index (χ0v) is 9.72. The SMILES string of the molecule is C/C=C(/CC)C(=NC)C(C)CCC. The van der Waals surface area contributed by atoms with Crippen molar-refractivity contribution < 1.29 is 0 Å². The van der Waals surface area contributed by atoms with Gasteiger partial charge in [0, 0.05) is 12.8 Å². The molecule has 0 N–H and O–H groups in total. The molecule has 76 valence electrons. The first-order valence-corrected chi connectivity index (χ1v) is 5.33. The second kappa shape index (κ2) is 6.88. The molecular weight excluding hydrogens is 158 g/mol. The van der Waals surface area contributed by atoms with Gasteiger partial charge >= 0.3 is 0 Å². The summed E-state index contributed by atoms with van der Waals surface area (Å²) in [4.78, 5) is 4.40. The first-order chi connectivity index (χ1) is 6.21. The van der Waals surface area contributed by atoms with Crippen LogP contribution in [0.25, 0.3) is 0 Å². The average Bonchev–Trinajstić information content (AvgIpc) is 2.14. The van der Waals surface area contributed by atoms with E-state index in [0.29, 0.717) is 5.92 Å². The Hall–Kier alpha value is -0.590. The number of hydrogen-bond acceptors (Lipinski definition) is 1. The second-order valence-corrected chi connectivity index (χ2v) is 3.47. The van der Waals surface area contributed by atoms with Crippen LogP contribution in [0.15, 0.2) is 16.6 Å². The fraction of sp³-hybridized carbons (Fsp3) is 0.750. The van der Waals surface area contributed by atoms with Crippen molar-refractivity contribution in [3.05, 3.63) is 11.6 Å². The van der Waals surface area contributed by atoms with Crippen molar-refractivity contribution >= 4 is 5.71 Å². The molecule has 0 spiro atoms. The molecule has 0 aromatic rings. The van der Waals surface area contributed by atoms with E-state index in [1.807, 2.05) is 7.05 Å². The zero-order valence-electron chi connectivity index (χ0n) is 9.72. The molecule has 0 saturated heterocycles. The van der Waals surface area contributed by atoms with Gasteiger partial charge in [-0.1, -0.05) is 33.3 Å². The Kier molecular flexibility index (Phi) is 6.56. The van der Waals surface area contributed by atoms with Crippen molar-refractivity contribution in [1.29, 1.82) is 0 Å². The van der Waals surface area contributed by atoms with E-state index in [-0.39, 0.29) is 0 Å². The van der Waals surface area contributed by atoms with E-state index >= 15 is 0 Å². The molecule has 1 unspecified atom stereocenters. The molecule has 13 heavy (non-hydrogen) atoms. The van der Waals surface area contributed by atoms with Crippen molar-refractivity contribution in [1.82, 2.24) is 0 Å². The van der Waals surface area contributed by atoms with Crippen molar-refractivity contribution in [3.8, 4) is 0 Å². The normalized spacial score (nSPS) is 16.1. The van der Waals surface area contributed by atoms with Crippen LogP contribution in [-0.4, -0.2) is 12.8 Å². The Labute approximate surface area is 83.0 Å². The Balaban J connectivity index is 4.51. The minimum atomic E-state index is 0.612. The fourth-order valence-corrected chi connectivity index (χ4v) is 1.78. The summed E-state index contributed by atoms with van der Waals surface area (Å²) in [6, 6.07) is 0. The number of rotatable bonds is 5. The molecule has 1 nitrogen and oxygen atoms in total. The van der Waals surface area contributed by atoms with Crippen LogP contribution in [0.4, 0.5) is 0 Å². The topological polar surface area (TPSA) is 12.4 Å². The highest BCUT2D eigenvalue weighted by atomic mass is 14.7. The van der Waals surface area contributed by atoms with Crippen LogP contribution >= 0.6 is 0 Å². The van der Waals surface area contributed by atoms with E-state index in [0.717, 1.165) is 6.42 Å². The summed E-state index contributed by atoms with van der Waals surface area (Å²) in [7, 11) is 1.90. The lowest BCUT2D eigenvalue weighted by Gasteiger charge is -2.15. The molecular formula is C12H23N. The highest BCUT2D eigenvalue weighted by molar-refractivity contribution is 6.01. The van der Waals surface area contributed by atoms with E-state index in [1.165, 1.54) is 24.1 Å². The molecule has 1 atom stereocenters. The Morgan fingerprint density at radius 2 is 2.00 bits per heavy atom. The highest BCUT2D eigenvalue weighted by Gasteiger charge is 2.11. The maximum Gasteiger partial charge on any atom is 0.0401 e. The predicted octanol–water partition coefficient (Wildman–Crippen LogP) is 3.85. The molecule has 0 bridgehead atoms. The summed E-state index contributed by atoms with van der Waals surface area (Å²) in [5.74, 6) is 0.612. The van der Waals surface area contributed by atoms with E-state index in [4.69, 9.17) is 0 Å². The average molecular weight is 181 g/mol. The van der Waals surface area contributed by atoms with Crippen LogP contribution in [0, 0.1) is 5.92 Å². The molecule has 1 heteroatoms. The Morgan fingerprint density at radius 3 is 2.31 bits per heavy atom. The molecule has 0 aromatic heterocycles. The van der Waals surface area contributed by atoms with Crippen molar-refractivity contribution in [2.75, 3.05) is 7.05 Å². The minimum absolute atomic E-state index is 0.612. The third-order valence-corrected chi connectivity index (χ3v) is 2.49. The van der Waals surface area contributed by atoms with Crippen LogP contribution < -0.4 is 0 Å². The van der Waals surface area contributed by atoms with Crippen LogP contribution in [-0.2, 0) is 0 Å². The molecule has 0 aromatic carbocycles. The minimum Gasteiger partial charge on any atom is -0.293 e. The molecule has 0 saturated carbocycles. The van der Waals surface area contributed by atoms with Gasteiger partial charge < -0.3 is 0 Å². The lowest BCUT2D eigenvalue weighted by Crippen LogP contribution is -2.13. The number of nitrogens with zero attached hydrogens (tertiary/aromatic N) is 1. The lowest BCUT2D eigenvalue weighted by atomic mass is 9.93. The third kappa shape index (κ3) is 3.75. The molecule has 0 aliphatic rings. The van der Waals surface area contributed by atoms with Gasteiger partial charge in [-0.25, -0.2) is 0 Å². The van der Waals surface area contributed by atoms with E-state index in [1.54, 1.807) is 0 Å². The lowest BCUT2D eigenvalue weighted by molar-refractivity contribution is 0.663. The molecule has 0 radical (unpaired) electrons. The quantitative estimate of drug-likeness (QED) is 0.571. The Bertz CT molecular complexity index is 189. The van der Waals surface area contributed by atoms with Crippen LogP contribution in [0.5, 0.6) is 0 Å². The van der Waals surface area contributed by atoms with Crippen LogP contribution in [0.2, 0.25) is 0 Å². The van der Waals surface area contributed by atoms with Gasteiger partial charge in [0.05, 0.1) is 0 Å². The highest BCUT2D eigenvalue weighted by Crippen LogP contribution is 2.16. The van der Waals surface area contributed by atoms with Crippen molar-refractivity contribution in [3.63, 3.8) is 0 Å². The summed E-state index contributed by atoms with van der Waals surface area (Å²) in [6.45, 7) is 8.79. The third-order valence-electron chi connectivity index (χ3n) is 2.49. The van der Waals surface area contributed by atoms with E-state index in [2.05, 4.69) is 38.8 Å². The summed E-state index contributed by atoms with van der Waals surface area (Å²) in [5, 5.41) is 0.